The first-order valence-electron chi connectivity index (χ1n) is 6.18. The molecule has 0 radical (unpaired) electrons. The van der Waals surface area contributed by atoms with Crippen LogP contribution in [0, 0.1) is 5.92 Å². The Bertz CT molecular complexity index is 160. The largest absolute Gasteiger partial charge is 0.363 e. The Morgan fingerprint density at radius 1 is 1.07 bits per heavy atom. The van der Waals surface area contributed by atoms with Gasteiger partial charge in [0, 0.05) is 13.2 Å². The van der Waals surface area contributed by atoms with E-state index in [0.717, 1.165) is 12.5 Å². The average molecular weight is 197 g/mol. The zero-order valence-electron chi connectivity index (χ0n) is 9.37. The number of ether oxygens (including phenoxy) is 1. The SMILES string of the molecule is CN(CC1CCCCC1)[C@@H]1CCCO1. The van der Waals surface area contributed by atoms with Crippen molar-refractivity contribution in [2.45, 2.75) is 51.2 Å². The monoisotopic (exact) mass is 197 g/mol. The summed E-state index contributed by atoms with van der Waals surface area (Å²) < 4.78 is 5.68. The molecule has 0 aromatic carbocycles. The van der Waals surface area contributed by atoms with Crippen LogP contribution in [0.2, 0.25) is 0 Å². The Morgan fingerprint density at radius 2 is 1.86 bits per heavy atom. The Morgan fingerprint density at radius 3 is 2.50 bits per heavy atom. The van der Waals surface area contributed by atoms with E-state index in [2.05, 4.69) is 11.9 Å². The van der Waals surface area contributed by atoms with E-state index in [1.54, 1.807) is 0 Å². The summed E-state index contributed by atoms with van der Waals surface area (Å²) in [7, 11) is 2.23. The second kappa shape index (κ2) is 5.13. The van der Waals surface area contributed by atoms with Crippen LogP contribution in [0.3, 0.4) is 0 Å². The van der Waals surface area contributed by atoms with E-state index in [0.29, 0.717) is 6.23 Å². The third-order valence-corrected chi connectivity index (χ3v) is 3.67. The fourth-order valence-electron chi connectivity index (χ4n) is 2.80. The lowest BCUT2D eigenvalue weighted by Crippen LogP contribution is -2.35. The second-order valence-corrected chi connectivity index (χ2v) is 4.91. The summed E-state index contributed by atoms with van der Waals surface area (Å²) >= 11 is 0. The van der Waals surface area contributed by atoms with Gasteiger partial charge in [0.25, 0.3) is 0 Å². The van der Waals surface area contributed by atoms with Crippen LogP contribution >= 0.6 is 0 Å². The van der Waals surface area contributed by atoms with E-state index in [1.165, 1.54) is 51.5 Å². The Kier molecular flexibility index (Phi) is 3.82. The van der Waals surface area contributed by atoms with Crippen LogP contribution in [0.1, 0.15) is 44.9 Å². The molecule has 1 aliphatic carbocycles. The molecular formula is C12H23NO. The second-order valence-electron chi connectivity index (χ2n) is 4.91. The highest BCUT2D eigenvalue weighted by Gasteiger charge is 2.23. The first-order valence-corrected chi connectivity index (χ1v) is 6.18. The van der Waals surface area contributed by atoms with Crippen LogP contribution in [-0.4, -0.2) is 31.3 Å². The Hall–Kier alpha value is -0.0800. The van der Waals surface area contributed by atoms with Crippen molar-refractivity contribution in [1.29, 1.82) is 0 Å². The summed E-state index contributed by atoms with van der Waals surface area (Å²) in [6, 6.07) is 0. The minimum absolute atomic E-state index is 0.428. The Labute approximate surface area is 87.6 Å². The van der Waals surface area contributed by atoms with E-state index < -0.39 is 0 Å². The van der Waals surface area contributed by atoms with Gasteiger partial charge in [-0.2, -0.15) is 0 Å². The summed E-state index contributed by atoms with van der Waals surface area (Å²) in [4.78, 5) is 2.43. The van der Waals surface area contributed by atoms with Crippen LogP contribution in [0.4, 0.5) is 0 Å². The highest BCUT2D eigenvalue weighted by atomic mass is 16.5. The van der Waals surface area contributed by atoms with Crippen LogP contribution in [-0.2, 0) is 4.74 Å². The molecule has 1 atom stereocenters. The molecule has 0 N–H and O–H groups in total. The summed E-state index contributed by atoms with van der Waals surface area (Å²) in [6.45, 7) is 2.23. The molecule has 0 aromatic rings. The maximum atomic E-state index is 5.68. The molecule has 0 amide bonds. The van der Waals surface area contributed by atoms with Crippen molar-refractivity contribution in [1.82, 2.24) is 4.90 Å². The van der Waals surface area contributed by atoms with E-state index in [4.69, 9.17) is 4.74 Å². The number of rotatable bonds is 3. The van der Waals surface area contributed by atoms with Crippen molar-refractivity contribution in [3.63, 3.8) is 0 Å². The zero-order valence-corrected chi connectivity index (χ0v) is 9.37. The minimum atomic E-state index is 0.428. The van der Waals surface area contributed by atoms with E-state index in [9.17, 15) is 0 Å². The minimum Gasteiger partial charge on any atom is -0.363 e. The molecule has 2 fully saturated rings. The summed E-state index contributed by atoms with van der Waals surface area (Å²) in [5.74, 6) is 0.943. The molecule has 2 heteroatoms. The predicted octanol–water partition coefficient (Wildman–Crippen LogP) is 2.64. The molecule has 0 spiro atoms. The fourth-order valence-corrected chi connectivity index (χ4v) is 2.80. The molecule has 82 valence electrons. The van der Waals surface area contributed by atoms with Crippen molar-refractivity contribution in [3.8, 4) is 0 Å². The normalized spacial score (nSPS) is 30.0. The average Bonchev–Trinajstić information content (AvgIpc) is 2.72. The number of hydrogen-bond donors (Lipinski definition) is 0. The first kappa shape index (κ1) is 10.4. The predicted molar refractivity (Wildman–Crippen MR) is 58.2 cm³/mol. The summed E-state index contributed by atoms with van der Waals surface area (Å²) in [5.41, 5.74) is 0. The third-order valence-electron chi connectivity index (χ3n) is 3.67. The van der Waals surface area contributed by atoms with Gasteiger partial charge in [0.15, 0.2) is 0 Å². The van der Waals surface area contributed by atoms with Crippen molar-refractivity contribution >= 4 is 0 Å². The molecule has 1 saturated carbocycles. The first-order chi connectivity index (χ1) is 6.86. The van der Waals surface area contributed by atoms with E-state index in [1.807, 2.05) is 0 Å². The molecule has 2 aliphatic rings. The van der Waals surface area contributed by atoms with Gasteiger partial charge in [0.1, 0.15) is 6.23 Å². The number of hydrogen-bond acceptors (Lipinski definition) is 2. The van der Waals surface area contributed by atoms with Crippen molar-refractivity contribution in [2.75, 3.05) is 20.2 Å². The highest BCUT2D eigenvalue weighted by Crippen LogP contribution is 2.25. The van der Waals surface area contributed by atoms with Gasteiger partial charge in [-0.3, -0.25) is 4.90 Å². The molecule has 0 unspecified atom stereocenters. The van der Waals surface area contributed by atoms with Gasteiger partial charge in [-0.15, -0.1) is 0 Å². The standard InChI is InChI=1S/C12H23NO/c1-13(12-8-5-9-14-12)10-11-6-3-2-4-7-11/h11-12H,2-10H2,1H3/t12-/m0/s1. The van der Waals surface area contributed by atoms with Gasteiger partial charge in [-0.1, -0.05) is 19.3 Å². The molecule has 1 saturated heterocycles. The van der Waals surface area contributed by atoms with Gasteiger partial charge < -0.3 is 4.74 Å². The molecular weight excluding hydrogens is 174 g/mol. The molecule has 2 nitrogen and oxygen atoms in total. The summed E-state index contributed by atoms with van der Waals surface area (Å²) in [6.07, 6.45) is 10.2. The lowest BCUT2D eigenvalue weighted by atomic mass is 9.89. The molecule has 0 bridgehead atoms. The lowest BCUT2D eigenvalue weighted by Gasteiger charge is -2.30. The number of nitrogens with zero attached hydrogens (tertiary/aromatic N) is 1. The van der Waals surface area contributed by atoms with Crippen LogP contribution in [0.5, 0.6) is 0 Å². The molecule has 1 aliphatic heterocycles. The van der Waals surface area contributed by atoms with Crippen molar-refractivity contribution in [3.05, 3.63) is 0 Å². The molecule has 0 aromatic heterocycles. The smallest absolute Gasteiger partial charge is 0.110 e. The maximum Gasteiger partial charge on any atom is 0.110 e. The van der Waals surface area contributed by atoms with Crippen molar-refractivity contribution in [2.24, 2.45) is 5.92 Å². The molecule has 2 rings (SSSR count). The fraction of sp³-hybridized carbons (Fsp3) is 1.00. The van der Waals surface area contributed by atoms with Gasteiger partial charge in [0.2, 0.25) is 0 Å². The van der Waals surface area contributed by atoms with Crippen LogP contribution < -0.4 is 0 Å². The van der Waals surface area contributed by atoms with Gasteiger partial charge >= 0.3 is 0 Å². The Balaban J connectivity index is 1.72. The molecule has 1 heterocycles. The topological polar surface area (TPSA) is 12.5 Å². The summed E-state index contributed by atoms with van der Waals surface area (Å²) in [5, 5.41) is 0. The molecule has 14 heavy (non-hydrogen) atoms. The zero-order chi connectivity index (χ0) is 9.80. The van der Waals surface area contributed by atoms with Crippen LogP contribution in [0.15, 0.2) is 0 Å². The van der Waals surface area contributed by atoms with E-state index >= 15 is 0 Å². The quantitative estimate of drug-likeness (QED) is 0.689. The van der Waals surface area contributed by atoms with Gasteiger partial charge in [0.05, 0.1) is 0 Å². The lowest BCUT2D eigenvalue weighted by molar-refractivity contribution is -0.0145. The third kappa shape index (κ3) is 2.71. The van der Waals surface area contributed by atoms with Crippen molar-refractivity contribution < 1.29 is 4.74 Å². The highest BCUT2D eigenvalue weighted by molar-refractivity contribution is 4.72. The van der Waals surface area contributed by atoms with Gasteiger partial charge in [-0.05, 0) is 38.6 Å². The van der Waals surface area contributed by atoms with Crippen LogP contribution in [0.25, 0.3) is 0 Å². The van der Waals surface area contributed by atoms with E-state index in [-0.39, 0.29) is 0 Å². The maximum absolute atomic E-state index is 5.68. The van der Waals surface area contributed by atoms with Gasteiger partial charge in [-0.25, -0.2) is 0 Å².